The molecule has 9 heteroatoms. The van der Waals surface area contributed by atoms with Gasteiger partial charge in [-0.3, -0.25) is 14.2 Å². The first kappa shape index (κ1) is 20.8. The highest BCUT2D eigenvalue weighted by Gasteiger charge is 2.16. The third kappa shape index (κ3) is 4.04. The van der Waals surface area contributed by atoms with Crippen molar-refractivity contribution in [1.29, 1.82) is 0 Å². The minimum atomic E-state index is 0.0808. The Hall–Kier alpha value is -3.07. The van der Waals surface area contributed by atoms with Gasteiger partial charge in [-0.1, -0.05) is 17.7 Å². The molecule has 1 N–H and O–H groups in total. The highest BCUT2D eigenvalue weighted by Crippen LogP contribution is 2.32. The average molecular weight is 480 g/mol. The Morgan fingerprint density at radius 3 is 2.84 bits per heavy atom. The lowest BCUT2D eigenvalue weighted by Crippen LogP contribution is -2.03. The summed E-state index contributed by atoms with van der Waals surface area (Å²) in [4.78, 5) is 27.0. The third-order valence-electron chi connectivity index (χ3n) is 5.08. The number of hydrogen-bond donors (Lipinski definition) is 1. The van der Waals surface area contributed by atoms with Crippen molar-refractivity contribution in [2.75, 3.05) is 5.32 Å². The number of carbonyl (C=O) groups is 1. The molecule has 0 saturated heterocycles. The summed E-state index contributed by atoms with van der Waals surface area (Å²) in [7, 11) is 0. The number of aryl methyl sites for hydroxylation is 2. The monoisotopic (exact) mass is 479 g/mol. The third-order valence-corrected chi connectivity index (χ3v) is 7.10. The van der Waals surface area contributed by atoms with Gasteiger partial charge in [-0.15, -0.1) is 22.7 Å². The van der Waals surface area contributed by atoms with Gasteiger partial charge in [0.05, 0.1) is 26.3 Å². The molecule has 0 fully saturated rings. The van der Waals surface area contributed by atoms with Crippen LogP contribution in [0, 0.1) is 13.8 Å². The van der Waals surface area contributed by atoms with Crippen LogP contribution in [0.1, 0.15) is 26.6 Å². The standard InChI is InChI=1S/C23H18ClN5OS2/c1-13-15(4-3-9-25-13)10-18(30)19-6-8-21(32-19)28-23-27-17(12-31-23)22-14(2)26-20-7-5-16(24)11-29(20)22/h3-9,11-12H,10H2,1-2H3,(H,27,28). The first-order valence-corrected chi connectivity index (χ1v) is 12.0. The van der Waals surface area contributed by atoms with E-state index in [4.69, 9.17) is 16.6 Å². The predicted octanol–water partition coefficient (Wildman–Crippen LogP) is 6.35. The Bertz CT molecular complexity index is 1450. The lowest BCUT2D eigenvalue weighted by molar-refractivity contribution is 0.0996. The van der Waals surface area contributed by atoms with Crippen molar-refractivity contribution in [2.45, 2.75) is 20.3 Å². The second-order valence-electron chi connectivity index (χ2n) is 7.30. The highest BCUT2D eigenvalue weighted by molar-refractivity contribution is 7.19. The van der Waals surface area contributed by atoms with Crippen molar-refractivity contribution in [2.24, 2.45) is 0 Å². The van der Waals surface area contributed by atoms with Gasteiger partial charge in [0, 0.05) is 29.9 Å². The van der Waals surface area contributed by atoms with Gasteiger partial charge in [-0.2, -0.15) is 0 Å². The molecule has 0 atom stereocenters. The summed E-state index contributed by atoms with van der Waals surface area (Å²) >= 11 is 9.11. The normalized spacial score (nSPS) is 11.2. The van der Waals surface area contributed by atoms with E-state index in [-0.39, 0.29) is 5.78 Å². The van der Waals surface area contributed by atoms with E-state index < -0.39 is 0 Å². The fourth-order valence-electron chi connectivity index (χ4n) is 3.51. The molecule has 5 rings (SSSR count). The van der Waals surface area contributed by atoms with Crippen molar-refractivity contribution in [3.63, 3.8) is 0 Å². The fourth-order valence-corrected chi connectivity index (χ4v) is 5.29. The summed E-state index contributed by atoms with van der Waals surface area (Å²) in [6.07, 6.45) is 3.93. The second-order valence-corrected chi connectivity index (χ2v) is 9.67. The van der Waals surface area contributed by atoms with Gasteiger partial charge in [0.1, 0.15) is 11.3 Å². The van der Waals surface area contributed by atoms with Gasteiger partial charge >= 0.3 is 0 Å². The van der Waals surface area contributed by atoms with Gasteiger partial charge in [0.2, 0.25) is 0 Å². The Balaban J connectivity index is 1.34. The molecule has 0 aliphatic carbocycles. The van der Waals surface area contributed by atoms with Crippen molar-refractivity contribution in [1.82, 2.24) is 19.4 Å². The van der Waals surface area contributed by atoms with Gasteiger partial charge in [0.25, 0.3) is 0 Å². The van der Waals surface area contributed by atoms with Gasteiger partial charge in [-0.25, -0.2) is 9.97 Å². The number of hydrogen-bond acceptors (Lipinski definition) is 7. The number of rotatable bonds is 6. The van der Waals surface area contributed by atoms with Crippen LogP contribution in [-0.2, 0) is 6.42 Å². The van der Waals surface area contributed by atoms with E-state index in [0.717, 1.165) is 44.1 Å². The summed E-state index contributed by atoms with van der Waals surface area (Å²) in [6.45, 7) is 3.88. The molecule has 0 aromatic carbocycles. The maximum absolute atomic E-state index is 12.7. The molecule has 32 heavy (non-hydrogen) atoms. The van der Waals surface area contributed by atoms with Crippen LogP contribution < -0.4 is 5.32 Å². The Kier molecular flexibility index (Phi) is 5.50. The van der Waals surface area contributed by atoms with E-state index in [9.17, 15) is 4.79 Å². The van der Waals surface area contributed by atoms with Gasteiger partial charge in [-0.05, 0) is 49.7 Å². The van der Waals surface area contributed by atoms with Crippen LogP contribution in [0.15, 0.2) is 54.2 Å². The smallest absolute Gasteiger partial charge is 0.188 e. The number of ketones is 1. The van der Waals surface area contributed by atoms with E-state index in [1.165, 1.54) is 22.7 Å². The first-order chi connectivity index (χ1) is 15.5. The van der Waals surface area contributed by atoms with E-state index in [1.54, 1.807) is 6.20 Å². The van der Waals surface area contributed by atoms with Crippen LogP contribution in [0.25, 0.3) is 17.0 Å². The first-order valence-electron chi connectivity index (χ1n) is 9.88. The van der Waals surface area contributed by atoms with Crippen LogP contribution in [-0.4, -0.2) is 25.1 Å². The molecule has 0 amide bonds. The predicted molar refractivity (Wildman–Crippen MR) is 131 cm³/mol. The summed E-state index contributed by atoms with van der Waals surface area (Å²) in [6, 6.07) is 11.3. The Morgan fingerprint density at radius 1 is 1.12 bits per heavy atom. The zero-order chi connectivity index (χ0) is 22.2. The minimum absolute atomic E-state index is 0.0808. The second kappa shape index (κ2) is 8.46. The molecule has 0 aliphatic heterocycles. The Labute approximate surface area is 197 Å². The van der Waals surface area contributed by atoms with Crippen molar-refractivity contribution < 1.29 is 4.79 Å². The summed E-state index contributed by atoms with van der Waals surface area (Å²) in [5.41, 5.74) is 5.29. The fraction of sp³-hybridized carbons (Fsp3) is 0.130. The van der Waals surface area contributed by atoms with Crippen LogP contribution in [0.3, 0.4) is 0 Å². The average Bonchev–Trinajstić information content (AvgIpc) is 3.48. The molecule has 0 spiro atoms. The van der Waals surface area contributed by atoms with Crippen molar-refractivity contribution in [3.8, 4) is 11.4 Å². The molecule has 0 radical (unpaired) electrons. The molecule has 5 aromatic rings. The quantitative estimate of drug-likeness (QED) is 0.287. The number of anilines is 2. The molecule has 5 heterocycles. The van der Waals surface area contributed by atoms with Crippen molar-refractivity contribution in [3.05, 3.63) is 81.0 Å². The molecule has 0 aliphatic rings. The summed E-state index contributed by atoms with van der Waals surface area (Å²) < 4.78 is 1.96. The van der Waals surface area contributed by atoms with E-state index in [2.05, 4.69) is 15.3 Å². The number of thiophene rings is 1. The van der Waals surface area contributed by atoms with E-state index in [0.29, 0.717) is 16.3 Å². The van der Waals surface area contributed by atoms with E-state index in [1.807, 2.05) is 66.2 Å². The topological polar surface area (TPSA) is 72.2 Å². The SMILES string of the molecule is Cc1ncccc1CC(=O)c1ccc(Nc2nc(-c3c(C)nc4ccc(Cl)cn34)cs2)s1. The molecule has 0 bridgehead atoms. The number of fused-ring (bicyclic) bond motifs is 1. The minimum Gasteiger partial charge on any atom is -0.323 e. The number of carbonyl (C=O) groups excluding carboxylic acids is 1. The zero-order valence-corrected chi connectivity index (χ0v) is 19.7. The lowest BCUT2D eigenvalue weighted by Gasteiger charge is -2.02. The number of aromatic nitrogens is 4. The molecule has 160 valence electrons. The van der Waals surface area contributed by atoms with Crippen LogP contribution >= 0.6 is 34.3 Å². The lowest BCUT2D eigenvalue weighted by atomic mass is 10.1. The summed E-state index contributed by atoms with van der Waals surface area (Å²) in [5.74, 6) is 0.0808. The Morgan fingerprint density at radius 2 is 2.00 bits per heavy atom. The number of imidazole rings is 1. The van der Waals surface area contributed by atoms with E-state index >= 15 is 0 Å². The molecular weight excluding hydrogens is 462 g/mol. The molecule has 0 unspecified atom stereocenters. The molecule has 0 saturated carbocycles. The van der Waals surface area contributed by atoms with Gasteiger partial charge in [0.15, 0.2) is 10.9 Å². The number of pyridine rings is 2. The van der Waals surface area contributed by atoms with Crippen LogP contribution in [0.2, 0.25) is 5.02 Å². The van der Waals surface area contributed by atoms with Gasteiger partial charge < -0.3 is 5.32 Å². The summed E-state index contributed by atoms with van der Waals surface area (Å²) in [5, 5.41) is 7.57. The number of thiazole rings is 1. The number of nitrogens with one attached hydrogen (secondary N) is 1. The maximum atomic E-state index is 12.7. The number of nitrogens with zero attached hydrogens (tertiary/aromatic N) is 4. The number of Topliss-reactive ketones (excluding diaryl/α,β-unsaturated/α-hetero) is 1. The molecule has 5 aromatic heterocycles. The largest absolute Gasteiger partial charge is 0.323 e. The highest BCUT2D eigenvalue weighted by atomic mass is 35.5. The molecular formula is C23H18ClN5OS2. The zero-order valence-electron chi connectivity index (χ0n) is 17.3. The molecule has 6 nitrogen and oxygen atoms in total. The number of halogens is 1. The van der Waals surface area contributed by atoms with Crippen LogP contribution in [0.4, 0.5) is 10.1 Å². The van der Waals surface area contributed by atoms with Crippen LogP contribution in [0.5, 0.6) is 0 Å². The maximum Gasteiger partial charge on any atom is 0.188 e. The van der Waals surface area contributed by atoms with Crippen molar-refractivity contribution >= 4 is 55.8 Å².